The Labute approximate surface area is 99.8 Å². The first-order valence-electron chi connectivity index (χ1n) is 6.85. The van der Waals surface area contributed by atoms with Gasteiger partial charge in [0.2, 0.25) is 0 Å². The summed E-state index contributed by atoms with van der Waals surface area (Å²) in [5.74, 6) is 1.69. The molecule has 2 nitrogen and oxygen atoms in total. The highest BCUT2D eigenvalue weighted by molar-refractivity contribution is 5.03. The van der Waals surface area contributed by atoms with Crippen LogP contribution in [0, 0.1) is 17.3 Å². The number of nitrogens with one attached hydrogen (secondary N) is 1. The van der Waals surface area contributed by atoms with E-state index in [1.54, 1.807) is 0 Å². The first kappa shape index (κ1) is 12.4. The SMILES string of the molecule is CC1CCC(NC2CC(O)C2(C)C)C(C)C1. The fraction of sp³-hybridized carbons (Fsp3) is 1.00. The number of hydrogen-bond donors (Lipinski definition) is 2. The van der Waals surface area contributed by atoms with E-state index in [0.29, 0.717) is 12.1 Å². The van der Waals surface area contributed by atoms with E-state index >= 15 is 0 Å². The van der Waals surface area contributed by atoms with Crippen LogP contribution in [0.25, 0.3) is 0 Å². The summed E-state index contributed by atoms with van der Waals surface area (Å²) in [6.07, 6.45) is 4.85. The molecule has 0 amide bonds. The van der Waals surface area contributed by atoms with Crippen LogP contribution in [0.2, 0.25) is 0 Å². The van der Waals surface area contributed by atoms with Crippen LogP contribution in [-0.4, -0.2) is 23.3 Å². The van der Waals surface area contributed by atoms with Gasteiger partial charge in [-0.05, 0) is 37.5 Å². The highest BCUT2D eigenvalue weighted by Crippen LogP contribution is 2.42. The van der Waals surface area contributed by atoms with Gasteiger partial charge in [-0.3, -0.25) is 0 Å². The van der Waals surface area contributed by atoms with E-state index in [-0.39, 0.29) is 11.5 Å². The van der Waals surface area contributed by atoms with Crippen LogP contribution in [-0.2, 0) is 0 Å². The van der Waals surface area contributed by atoms with E-state index in [4.69, 9.17) is 0 Å². The molecule has 0 heterocycles. The monoisotopic (exact) mass is 225 g/mol. The third-order valence-electron chi connectivity index (χ3n) is 5.06. The third-order valence-corrected chi connectivity index (χ3v) is 5.06. The summed E-state index contributed by atoms with van der Waals surface area (Å²) < 4.78 is 0. The molecular weight excluding hydrogens is 198 g/mol. The Bertz CT molecular complexity index is 251. The average molecular weight is 225 g/mol. The zero-order valence-electron chi connectivity index (χ0n) is 11.2. The van der Waals surface area contributed by atoms with E-state index in [9.17, 15) is 5.11 Å². The van der Waals surface area contributed by atoms with Gasteiger partial charge in [-0.25, -0.2) is 0 Å². The molecule has 2 saturated carbocycles. The van der Waals surface area contributed by atoms with Crippen molar-refractivity contribution in [3.63, 3.8) is 0 Å². The zero-order valence-corrected chi connectivity index (χ0v) is 11.2. The van der Waals surface area contributed by atoms with E-state index < -0.39 is 0 Å². The van der Waals surface area contributed by atoms with Crippen LogP contribution >= 0.6 is 0 Å². The Hall–Kier alpha value is -0.0800. The van der Waals surface area contributed by atoms with E-state index in [0.717, 1.165) is 18.3 Å². The number of aliphatic hydroxyl groups is 1. The molecule has 2 heteroatoms. The van der Waals surface area contributed by atoms with Crippen LogP contribution < -0.4 is 5.32 Å². The van der Waals surface area contributed by atoms with Gasteiger partial charge in [-0.2, -0.15) is 0 Å². The van der Waals surface area contributed by atoms with Crippen molar-refractivity contribution in [3.05, 3.63) is 0 Å². The lowest BCUT2D eigenvalue weighted by atomic mass is 9.64. The average Bonchev–Trinajstić information content (AvgIpc) is 2.21. The molecule has 5 unspecified atom stereocenters. The molecule has 5 atom stereocenters. The Morgan fingerprint density at radius 3 is 2.31 bits per heavy atom. The summed E-state index contributed by atoms with van der Waals surface area (Å²) in [6.45, 7) is 9.09. The van der Waals surface area contributed by atoms with Crippen molar-refractivity contribution < 1.29 is 5.11 Å². The predicted octanol–water partition coefficient (Wildman–Crippen LogP) is 2.56. The molecule has 0 bridgehead atoms. The van der Waals surface area contributed by atoms with Crippen molar-refractivity contribution in [1.29, 1.82) is 0 Å². The van der Waals surface area contributed by atoms with Crippen molar-refractivity contribution in [2.75, 3.05) is 0 Å². The van der Waals surface area contributed by atoms with Crippen LogP contribution in [0.15, 0.2) is 0 Å². The molecule has 0 radical (unpaired) electrons. The van der Waals surface area contributed by atoms with Crippen molar-refractivity contribution in [3.8, 4) is 0 Å². The van der Waals surface area contributed by atoms with Gasteiger partial charge in [0.25, 0.3) is 0 Å². The van der Waals surface area contributed by atoms with Crippen LogP contribution in [0.5, 0.6) is 0 Å². The molecule has 0 aliphatic heterocycles. The fourth-order valence-electron chi connectivity index (χ4n) is 3.36. The first-order chi connectivity index (χ1) is 7.41. The second kappa shape index (κ2) is 4.30. The smallest absolute Gasteiger partial charge is 0.0621 e. The zero-order chi connectivity index (χ0) is 11.9. The van der Waals surface area contributed by atoms with Crippen LogP contribution in [0.1, 0.15) is 53.4 Å². The number of hydrogen-bond acceptors (Lipinski definition) is 2. The van der Waals surface area contributed by atoms with Crippen molar-refractivity contribution >= 4 is 0 Å². The topological polar surface area (TPSA) is 32.3 Å². The molecule has 0 aromatic heterocycles. The second-order valence-electron chi connectivity index (χ2n) is 6.79. The van der Waals surface area contributed by atoms with E-state index in [1.165, 1.54) is 19.3 Å². The molecule has 0 aromatic carbocycles. The van der Waals surface area contributed by atoms with Gasteiger partial charge < -0.3 is 10.4 Å². The van der Waals surface area contributed by atoms with Gasteiger partial charge in [-0.15, -0.1) is 0 Å². The first-order valence-corrected chi connectivity index (χ1v) is 6.85. The molecule has 2 aliphatic rings. The molecule has 16 heavy (non-hydrogen) atoms. The standard InChI is InChI=1S/C14H27NO/c1-9-5-6-11(10(2)7-9)15-12-8-13(16)14(12,3)4/h9-13,15-16H,5-8H2,1-4H3. The molecule has 2 N–H and O–H groups in total. The predicted molar refractivity (Wildman–Crippen MR) is 67.3 cm³/mol. The summed E-state index contributed by atoms with van der Waals surface area (Å²) in [6, 6.07) is 1.19. The van der Waals surface area contributed by atoms with Gasteiger partial charge >= 0.3 is 0 Å². The molecule has 94 valence electrons. The Morgan fingerprint density at radius 2 is 1.81 bits per heavy atom. The Kier molecular flexibility index (Phi) is 3.33. The van der Waals surface area contributed by atoms with Gasteiger partial charge in [0.1, 0.15) is 0 Å². The normalized spacial score (nSPS) is 47.4. The molecule has 2 rings (SSSR count). The Balaban J connectivity index is 1.86. The molecule has 0 saturated heterocycles. The summed E-state index contributed by atoms with van der Waals surface area (Å²) in [5.41, 5.74) is 0.0722. The lowest BCUT2D eigenvalue weighted by Crippen LogP contribution is -2.63. The minimum absolute atomic E-state index is 0.0722. The van der Waals surface area contributed by atoms with E-state index in [2.05, 4.69) is 33.0 Å². The third kappa shape index (κ3) is 2.14. The molecule has 0 aromatic rings. The Morgan fingerprint density at radius 1 is 1.12 bits per heavy atom. The summed E-state index contributed by atoms with van der Waals surface area (Å²) in [5, 5.41) is 13.5. The van der Waals surface area contributed by atoms with Gasteiger partial charge in [-0.1, -0.05) is 27.7 Å². The van der Waals surface area contributed by atoms with Gasteiger partial charge in [0, 0.05) is 17.5 Å². The van der Waals surface area contributed by atoms with Crippen molar-refractivity contribution in [2.45, 2.75) is 71.6 Å². The fourth-order valence-corrected chi connectivity index (χ4v) is 3.36. The molecule has 2 aliphatic carbocycles. The summed E-state index contributed by atoms with van der Waals surface area (Å²) in [4.78, 5) is 0. The number of aliphatic hydroxyl groups excluding tert-OH is 1. The minimum Gasteiger partial charge on any atom is -0.392 e. The van der Waals surface area contributed by atoms with E-state index in [1.807, 2.05) is 0 Å². The summed E-state index contributed by atoms with van der Waals surface area (Å²) >= 11 is 0. The molecular formula is C14H27NO. The number of rotatable bonds is 2. The highest BCUT2D eigenvalue weighted by atomic mass is 16.3. The lowest BCUT2D eigenvalue weighted by Gasteiger charge is -2.52. The van der Waals surface area contributed by atoms with Gasteiger partial charge in [0.05, 0.1) is 6.10 Å². The maximum Gasteiger partial charge on any atom is 0.0621 e. The van der Waals surface area contributed by atoms with Gasteiger partial charge in [0.15, 0.2) is 0 Å². The highest BCUT2D eigenvalue weighted by Gasteiger charge is 2.48. The second-order valence-corrected chi connectivity index (χ2v) is 6.79. The molecule has 0 spiro atoms. The lowest BCUT2D eigenvalue weighted by molar-refractivity contribution is -0.0795. The largest absolute Gasteiger partial charge is 0.392 e. The minimum atomic E-state index is -0.108. The van der Waals surface area contributed by atoms with Crippen molar-refractivity contribution in [2.24, 2.45) is 17.3 Å². The van der Waals surface area contributed by atoms with Crippen LogP contribution in [0.3, 0.4) is 0 Å². The quantitative estimate of drug-likeness (QED) is 0.757. The van der Waals surface area contributed by atoms with Crippen LogP contribution in [0.4, 0.5) is 0 Å². The molecule has 2 fully saturated rings. The maximum absolute atomic E-state index is 9.74. The maximum atomic E-state index is 9.74. The summed E-state index contributed by atoms with van der Waals surface area (Å²) in [7, 11) is 0. The van der Waals surface area contributed by atoms with Crippen molar-refractivity contribution in [1.82, 2.24) is 5.32 Å².